The van der Waals surface area contributed by atoms with E-state index in [1.54, 1.807) is 0 Å². The van der Waals surface area contributed by atoms with E-state index in [1.807, 2.05) is 19.6 Å². The fourth-order valence-corrected chi connectivity index (χ4v) is 3.62. The summed E-state index contributed by atoms with van der Waals surface area (Å²) in [6, 6.07) is 0. The minimum Gasteiger partial charge on any atom is -1.00 e. The Kier molecular flexibility index (Phi) is 23.1. The molecule has 10 heteroatoms. The van der Waals surface area contributed by atoms with Crippen molar-refractivity contribution in [2.24, 2.45) is 0 Å². The predicted molar refractivity (Wildman–Crippen MR) is 69.5 cm³/mol. The van der Waals surface area contributed by atoms with Gasteiger partial charge in [0.15, 0.2) is 0 Å². The maximum Gasteiger partial charge on any atom is 0.127 e. The van der Waals surface area contributed by atoms with Crippen molar-refractivity contribution in [2.75, 3.05) is 78.5 Å². The summed E-state index contributed by atoms with van der Waals surface area (Å²) in [5.74, 6) is 0. The molecule has 4 bridgehead atoms. The summed E-state index contributed by atoms with van der Waals surface area (Å²) in [5.41, 5.74) is 0. The number of hydrogen-bond donors (Lipinski definition) is 4. The molecule has 0 aromatic heterocycles. The lowest BCUT2D eigenvalue weighted by Crippen LogP contribution is -3.35. The molecule has 0 aromatic rings. The summed E-state index contributed by atoms with van der Waals surface area (Å²) >= 11 is 0. The fraction of sp³-hybridized carbons (Fsp3) is 1.00. The number of rotatable bonds is 0. The Morgan fingerprint density at radius 2 is 0.364 bits per heavy atom. The maximum atomic E-state index is 1.85. The number of fused-ring (bicyclic) bond motifs is 6. The van der Waals surface area contributed by atoms with Gasteiger partial charge in [0.25, 0.3) is 0 Å². The second kappa shape index (κ2) is 16.2. The van der Waals surface area contributed by atoms with Gasteiger partial charge in [0.1, 0.15) is 78.5 Å². The van der Waals surface area contributed by atoms with Crippen LogP contribution in [0.15, 0.2) is 0 Å². The first-order valence-electron chi connectivity index (χ1n) is 7.24. The van der Waals surface area contributed by atoms with Gasteiger partial charge in [-0.15, -0.1) is 0 Å². The molecule has 0 unspecified atom stereocenters. The normalized spacial score (nSPS) is 32.7. The molecule has 0 aliphatic carbocycles. The molecule has 0 saturated carbocycles. The Hall–Kier alpha value is 1.68. The highest BCUT2D eigenvalue weighted by Gasteiger charge is 2.29. The van der Waals surface area contributed by atoms with E-state index in [-0.39, 0.29) is 78.9 Å². The van der Waals surface area contributed by atoms with Gasteiger partial charge in [-0.3, -0.25) is 0 Å². The van der Waals surface area contributed by atoms with Crippen molar-refractivity contribution in [3.8, 4) is 0 Å². The zero-order valence-electron chi connectivity index (χ0n) is 13.0. The van der Waals surface area contributed by atoms with Crippen molar-refractivity contribution >= 4 is 0 Å². The van der Waals surface area contributed by atoms with Crippen molar-refractivity contribution in [1.82, 2.24) is 0 Å². The fourth-order valence-electron chi connectivity index (χ4n) is 3.62. The second-order valence-corrected chi connectivity index (χ2v) is 6.00. The van der Waals surface area contributed by atoms with Gasteiger partial charge in [-0.25, -0.2) is 0 Å². The van der Waals surface area contributed by atoms with Gasteiger partial charge in [-0.05, 0) is 0 Å². The van der Waals surface area contributed by atoms with Gasteiger partial charge in [-0.1, -0.05) is 0 Å². The standard InChI is InChI=1S/2C6H12N2.4BrH.2H2O/c2*1-2-8-5-3-7(1)4-6-8;;;;;;/h2*1-6H2;4*1H;2*1H2. The molecule has 0 radical (unpaired) electrons. The Bertz CT molecular complexity index is 171. The summed E-state index contributed by atoms with van der Waals surface area (Å²) in [5, 5.41) is 0. The average Bonchev–Trinajstić information content (AvgIpc) is 2.44. The van der Waals surface area contributed by atoms with Gasteiger partial charge in [0, 0.05) is 0 Å². The van der Waals surface area contributed by atoms with E-state index in [1.165, 1.54) is 78.5 Å². The van der Waals surface area contributed by atoms with Crippen molar-refractivity contribution in [1.29, 1.82) is 0 Å². The van der Waals surface area contributed by atoms with Crippen molar-refractivity contribution in [3.63, 3.8) is 0 Å². The van der Waals surface area contributed by atoms with E-state index in [0.29, 0.717) is 0 Å². The molecule has 6 fully saturated rings. The van der Waals surface area contributed by atoms with Crippen LogP contribution < -0.4 is 87.5 Å². The maximum absolute atomic E-state index is 1.85. The molecular weight excluding hydrogens is 552 g/mol. The molecule has 0 aromatic carbocycles. The summed E-state index contributed by atoms with van der Waals surface area (Å²) in [6.07, 6.45) is 0. The Balaban J connectivity index is -0.000000116. The number of piperazine rings is 6. The third-order valence-corrected chi connectivity index (χ3v) is 4.99. The predicted octanol–water partition coefficient (Wildman–Crippen LogP) is -20.1. The molecule has 6 rings (SSSR count). The van der Waals surface area contributed by atoms with Crippen LogP contribution in [0.1, 0.15) is 0 Å². The Morgan fingerprint density at radius 3 is 0.409 bits per heavy atom. The van der Waals surface area contributed by atoms with Crippen LogP contribution >= 0.6 is 0 Å². The highest BCUT2D eigenvalue weighted by molar-refractivity contribution is 4.44. The minimum atomic E-state index is 0. The van der Waals surface area contributed by atoms with Crippen LogP contribution in [-0.4, -0.2) is 89.5 Å². The summed E-state index contributed by atoms with van der Waals surface area (Å²) in [7, 11) is 0. The Morgan fingerprint density at radius 1 is 0.273 bits per heavy atom. The van der Waals surface area contributed by atoms with E-state index >= 15 is 0 Å². The van der Waals surface area contributed by atoms with Gasteiger partial charge >= 0.3 is 0 Å². The van der Waals surface area contributed by atoms with Gasteiger partial charge < -0.3 is 98.5 Å². The van der Waals surface area contributed by atoms with E-state index in [4.69, 9.17) is 0 Å². The van der Waals surface area contributed by atoms with Crippen LogP contribution in [-0.2, 0) is 0 Å². The molecule has 6 aliphatic heterocycles. The lowest BCUT2D eigenvalue weighted by atomic mass is 10.2. The molecule has 22 heavy (non-hydrogen) atoms. The average molecular weight is 584 g/mol. The quantitative estimate of drug-likeness (QED) is 0.219. The van der Waals surface area contributed by atoms with Crippen LogP contribution in [0.2, 0.25) is 0 Å². The van der Waals surface area contributed by atoms with E-state index < -0.39 is 0 Å². The number of nitrogens with one attached hydrogen (secondary N) is 4. The summed E-state index contributed by atoms with van der Waals surface area (Å²) in [4.78, 5) is 7.39. The van der Waals surface area contributed by atoms with Crippen molar-refractivity contribution < 1.29 is 98.5 Å². The number of halogens is 4. The summed E-state index contributed by atoms with van der Waals surface area (Å²) < 4.78 is 0. The van der Waals surface area contributed by atoms with E-state index in [2.05, 4.69) is 0 Å². The monoisotopic (exact) mass is 580 g/mol. The minimum absolute atomic E-state index is 0. The first-order valence-corrected chi connectivity index (χ1v) is 7.24. The largest absolute Gasteiger partial charge is 1.00 e. The Labute approximate surface area is 176 Å². The highest BCUT2D eigenvalue weighted by Crippen LogP contribution is 1.65. The molecule has 0 spiro atoms. The molecule has 6 saturated heterocycles. The molecule has 0 atom stereocenters. The number of hydrogen-bond acceptors (Lipinski definition) is 0. The van der Waals surface area contributed by atoms with Crippen LogP contribution in [0.3, 0.4) is 0 Å². The smallest absolute Gasteiger partial charge is 0.127 e. The van der Waals surface area contributed by atoms with Crippen LogP contribution in [0.4, 0.5) is 0 Å². The first-order chi connectivity index (χ1) is 7.90. The highest BCUT2D eigenvalue weighted by atomic mass is 79.9. The van der Waals surface area contributed by atoms with Crippen molar-refractivity contribution in [2.45, 2.75) is 0 Å². The molecule has 140 valence electrons. The van der Waals surface area contributed by atoms with Crippen LogP contribution in [0.5, 0.6) is 0 Å². The van der Waals surface area contributed by atoms with Gasteiger partial charge in [0.2, 0.25) is 0 Å². The topological polar surface area (TPSA) is 80.8 Å². The zero-order valence-corrected chi connectivity index (χ0v) is 19.3. The molecule has 6 nitrogen and oxygen atoms in total. The first kappa shape index (κ1) is 31.4. The molecular formula is C12H32Br4N4O2. The van der Waals surface area contributed by atoms with Crippen LogP contribution in [0, 0.1) is 0 Å². The van der Waals surface area contributed by atoms with E-state index in [9.17, 15) is 0 Å². The van der Waals surface area contributed by atoms with Gasteiger partial charge in [-0.2, -0.15) is 0 Å². The molecule has 6 aliphatic rings. The third-order valence-electron chi connectivity index (χ3n) is 4.99. The zero-order chi connectivity index (χ0) is 10.8. The lowest BCUT2D eigenvalue weighted by molar-refractivity contribution is -1.06. The number of quaternary nitrogens is 4. The van der Waals surface area contributed by atoms with Crippen LogP contribution in [0.25, 0.3) is 0 Å². The van der Waals surface area contributed by atoms with Gasteiger partial charge in [0.05, 0.1) is 0 Å². The second-order valence-electron chi connectivity index (χ2n) is 6.00. The van der Waals surface area contributed by atoms with E-state index in [0.717, 1.165) is 0 Å². The molecule has 8 N–H and O–H groups in total. The lowest BCUT2D eigenvalue weighted by Gasteiger charge is -2.35. The third kappa shape index (κ3) is 9.24. The molecule has 0 amide bonds. The SMILES string of the molecule is C1C[NH+]2CC[NH+]1CC2.C1C[NH+]2CC[NH+]1CC2.O.O.[Br-].[Br-].[Br-].[Br-]. The molecule has 6 heterocycles. The van der Waals surface area contributed by atoms with Crippen molar-refractivity contribution in [3.05, 3.63) is 0 Å². The summed E-state index contributed by atoms with van der Waals surface area (Å²) in [6.45, 7) is 17.3.